The average Bonchev–Trinajstić information content (AvgIpc) is 2.77. The summed E-state index contributed by atoms with van der Waals surface area (Å²) in [5, 5.41) is 5.06. The van der Waals surface area contributed by atoms with Crippen LogP contribution in [-0.2, 0) is 0 Å². The molecule has 1 fully saturated rings. The van der Waals surface area contributed by atoms with Crippen LogP contribution in [0.2, 0.25) is 0 Å². The minimum Gasteiger partial charge on any atom is -0.350 e. The number of hydrogen-bond donors (Lipinski definition) is 1. The first-order valence-corrected chi connectivity index (χ1v) is 9.86. The molecule has 2 amide bonds. The second kappa shape index (κ2) is 8.26. The minimum absolute atomic E-state index is 0.0212. The quantitative estimate of drug-likeness (QED) is 0.744. The Hall–Kier alpha value is -3.14. The molecular weight excluding hydrogens is 348 g/mol. The van der Waals surface area contributed by atoms with Crippen LogP contribution < -0.4 is 5.32 Å². The Balaban J connectivity index is 1.52. The van der Waals surface area contributed by atoms with Crippen molar-refractivity contribution >= 4 is 22.6 Å². The van der Waals surface area contributed by atoms with Crippen LogP contribution in [0.15, 0.2) is 72.8 Å². The lowest BCUT2D eigenvalue weighted by Gasteiger charge is -2.36. The van der Waals surface area contributed by atoms with Crippen molar-refractivity contribution in [2.75, 3.05) is 13.1 Å². The minimum atomic E-state index is -0.0938. The van der Waals surface area contributed by atoms with Gasteiger partial charge in [0.15, 0.2) is 0 Å². The number of nitrogens with zero attached hydrogens (tertiary/aromatic N) is 1. The highest BCUT2D eigenvalue weighted by molar-refractivity contribution is 6.07. The number of hydrogen-bond acceptors (Lipinski definition) is 2. The van der Waals surface area contributed by atoms with Crippen LogP contribution in [0, 0.1) is 0 Å². The summed E-state index contributed by atoms with van der Waals surface area (Å²) < 4.78 is 0. The predicted octanol–water partition coefficient (Wildman–Crippen LogP) is 4.26. The van der Waals surface area contributed by atoms with E-state index in [1.54, 1.807) is 12.1 Å². The number of benzene rings is 3. The lowest BCUT2D eigenvalue weighted by molar-refractivity contribution is 0.0604. The van der Waals surface area contributed by atoms with Crippen molar-refractivity contribution in [3.05, 3.63) is 83.9 Å². The third kappa shape index (κ3) is 3.77. The molecule has 4 heteroatoms. The zero-order chi connectivity index (χ0) is 19.3. The fraction of sp³-hybridized carbons (Fsp3) is 0.250. The number of carbonyl (C=O) groups is 2. The van der Waals surface area contributed by atoms with Crippen molar-refractivity contribution in [1.82, 2.24) is 10.2 Å². The zero-order valence-corrected chi connectivity index (χ0v) is 15.8. The third-order valence-electron chi connectivity index (χ3n) is 5.44. The van der Waals surface area contributed by atoms with Gasteiger partial charge in [-0.25, -0.2) is 0 Å². The van der Waals surface area contributed by atoms with Gasteiger partial charge < -0.3 is 10.2 Å². The molecule has 142 valence electrons. The average molecular weight is 372 g/mol. The Bertz CT molecular complexity index is 979. The molecule has 1 unspecified atom stereocenters. The first kappa shape index (κ1) is 18.2. The monoisotopic (exact) mass is 372 g/mol. The van der Waals surface area contributed by atoms with E-state index >= 15 is 0 Å². The van der Waals surface area contributed by atoms with E-state index in [1.807, 2.05) is 65.6 Å². The van der Waals surface area contributed by atoms with Gasteiger partial charge in [0.1, 0.15) is 0 Å². The normalized spacial score (nSPS) is 16.7. The molecule has 4 rings (SSSR count). The van der Waals surface area contributed by atoms with Gasteiger partial charge in [-0.3, -0.25) is 9.59 Å². The van der Waals surface area contributed by atoms with Crippen molar-refractivity contribution in [3.63, 3.8) is 0 Å². The summed E-state index contributed by atoms with van der Waals surface area (Å²) in [6.45, 7) is 1.21. The van der Waals surface area contributed by atoms with Crippen molar-refractivity contribution in [2.45, 2.75) is 25.3 Å². The summed E-state index contributed by atoms with van der Waals surface area (Å²) in [5.41, 5.74) is 1.38. The second-order valence-corrected chi connectivity index (χ2v) is 7.25. The molecule has 1 aliphatic rings. The van der Waals surface area contributed by atoms with Gasteiger partial charge in [-0.05, 0) is 48.2 Å². The van der Waals surface area contributed by atoms with Crippen molar-refractivity contribution in [1.29, 1.82) is 0 Å². The number of piperidine rings is 1. The molecule has 0 radical (unpaired) electrons. The molecule has 0 saturated carbocycles. The van der Waals surface area contributed by atoms with Crippen molar-refractivity contribution in [3.8, 4) is 0 Å². The summed E-state index contributed by atoms with van der Waals surface area (Å²) in [4.78, 5) is 27.7. The predicted molar refractivity (Wildman–Crippen MR) is 111 cm³/mol. The lowest BCUT2D eigenvalue weighted by Crippen LogP contribution is -2.49. The Morgan fingerprint density at radius 1 is 0.893 bits per heavy atom. The molecule has 28 heavy (non-hydrogen) atoms. The van der Waals surface area contributed by atoms with Gasteiger partial charge in [0, 0.05) is 30.3 Å². The number of nitrogens with one attached hydrogen (secondary N) is 1. The zero-order valence-electron chi connectivity index (χ0n) is 15.8. The SMILES string of the molecule is O=C(NCC1CCCCN1C(=O)c1cccc2ccccc12)c1ccccc1. The molecule has 1 heterocycles. The van der Waals surface area contributed by atoms with Crippen LogP contribution >= 0.6 is 0 Å². The third-order valence-corrected chi connectivity index (χ3v) is 5.44. The maximum atomic E-state index is 13.4. The Kier molecular flexibility index (Phi) is 5.38. The van der Waals surface area contributed by atoms with Gasteiger partial charge >= 0.3 is 0 Å². The maximum Gasteiger partial charge on any atom is 0.254 e. The van der Waals surface area contributed by atoms with Crippen LogP contribution in [0.3, 0.4) is 0 Å². The largest absolute Gasteiger partial charge is 0.350 e. The summed E-state index contributed by atoms with van der Waals surface area (Å²) in [6.07, 6.45) is 2.98. The van der Waals surface area contributed by atoms with Crippen LogP contribution in [0.5, 0.6) is 0 Å². The van der Waals surface area contributed by atoms with Crippen LogP contribution in [0.1, 0.15) is 40.0 Å². The molecular formula is C24H24N2O2. The second-order valence-electron chi connectivity index (χ2n) is 7.25. The van der Waals surface area contributed by atoms with Gasteiger partial charge in [0.25, 0.3) is 11.8 Å². The molecule has 3 aromatic rings. The topological polar surface area (TPSA) is 49.4 Å². The molecule has 1 atom stereocenters. The summed E-state index contributed by atoms with van der Waals surface area (Å²) in [5.74, 6) is -0.0424. The van der Waals surface area contributed by atoms with Crippen LogP contribution in [-0.4, -0.2) is 35.8 Å². The maximum absolute atomic E-state index is 13.4. The van der Waals surface area contributed by atoms with Crippen LogP contribution in [0.25, 0.3) is 10.8 Å². The molecule has 0 aliphatic carbocycles. The van der Waals surface area contributed by atoms with E-state index in [0.717, 1.165) is 42.1 Å². The number of amides is 2. The molecule has 4 nitrogen and oxygen atoms in total. The fourth-order valence-electron chi connectivity index (χ4n) is 3.95. The van der Waals surface area contributed by atoms with Crippen LogP contribution in [0.4, 0.5) is 0 Å². The number of carbonyl (C=O) groups excluding carboxylic acids is 2. The molecule has 3 aromatic carbocycles. The molecule has 0 bridgehead atoms. The first-order valence-electron chi connectivity index (χ1n) is 9.86. The van der Waals surface area contributed by atoms with E-state index in [4.69, 9.17) is 0 Å². The van der Waals surface area contributed by atoms with Gasteiger partial charge in [-0.1, -0.05) is 54.6 Å². The Morgan fingerprint density at radius 3 is 2.50 bits per heavy atom. The first-order chi connectivity index (χ1) is 13.7. The highest BCUT2D eigenvalue weighted by Gasteiger charge is 2.28. The summed E-state index contributed by atoms with van der Waals surface area (Å²) in [6, 6.07) is 23.1. The number of rotatable bonds is 4. The Labute approximate surface area is 165 Å². The molecule has 1 N–H and O–H groups in total. The number of fused-ring (bicyclic) bond motifs is 1. The fourth-order valence-corrected chi connectivity index (χ4v) is 3.95. The Morgan fingerprint density at radius 2 is 1.64 bits per heavy atom. The molecule has 1 saturated heterocycles. The molecule has 0 spiro atoms. The number of likely N-dealkylation sites (tertiary alicyclic amines) is 1. The van der Waals surface area contributed by atoms with E-state index in [-0.39, 0.29) is 17.9 Å². The van der Waals surface area contributed by atoms with E-state index < -0.39 is 0 Å². The highest BCUT2D eigenvalue weighted by Crippen LogP contribution is 2.24. The molecule has 0 aromatic heterocycles. The van der Waals surface area contributed by atoms with E-state index in [1.165, 1.54) is 0 Å². The smallest absolute Gasteiger partial charge is 0.254 e. The lowest BCUT2D eigenvalue weighted by atomic mass is 9.98. The van der Waals surface area contributed by atoms with Crippen molar-refractivity contribution in [2.24, 2.45) is 0 Å². The summed E-state index contributed by atoms with van der Waals surface area (Å²) >= 11 is 0. The van der Waals surface area contributed by atoms with Gasteiger partial charge in [0.05, 0.1) is 0 Å². The van der Waals surface area contributed by atoms with E-state index in [0.29, 0.717) is 12.1 Å². The summed E-state index contributed by atoms with van der Waals surface area (Å²) in [7, 11) is 0. The standard InChI is InChI=1S/C24H24N2O2/c27-23(19-10-2-1-3-11-19)25-17-20-13-6-7-16-26(20)24(28)22-15-8-12-18-9-4-5-14-21(18)22/h1-5,8-12,14-15,20H,6-7,13,16-17H2,(H,25,27). The van der Waals surface area contributed by atoms with Gasteiger partial charge in [-0.2, -0.15) is 0 Å². The van der Waals surface area contributed by atoms with Gasteiger partial charge in [-0.15, -0.1) is 0 Å². The van der Waals surface area contributed by atoms with E-state index in [2.05, 4.69) is 5.32 Å². The highest BCUT2D eigenvalue weighted by atomic mass is 16.2. The van der Waals surface area contributed by atoms with Gasteiger partial charge in [0.2, 0.25) is 0 Å². The van der Waals surface area contributed by atoms with E-state index in [9.17, 15) is 9.59 Å². The van der Waals surface area contributed by atoms with Crippen molar-refractivity contribution < 1.29 is 9.59 Å². The molecule has 1 aliphatic heterocycles.